The first kappa shape index (κ1) is 17.1. The maximum absolute atomic E-state index is 13.2. The lowest BCUT2D eigenvalue weighted by Crippen LogP contribution is -2.24. The first-order valence-electron chi connectivity index (χ1n) is 7.89. The van der Waals surface area contributed by atoms with Gasteiger partial charge in [-0.3, -0.25) is 9.20 Å². The van der Waals surface area contributed by atoms with Gasteiger partial charge in [-0.2, -0.15) is 4.98 Å². The van der Waals surface area contributed by atoms with Crippen molar-refractivity contribution in [3.8, 4) is 11.5 Å². The van der Waals surface area contributed by atoms with Gasteiger partial charge < -0.3 is 9.84 Å². The topological polar surface area (TPSA) is 98.2 Å². The monoisotopic (exact) mass is 386 g/mol. The maximum Gasteiger partial charge on any atom is 0.261 e. The molecule has 4 aromatic rings. The first-order chi connectivity index (χ1) is 13.0. The summed E-state index contributed by atoms with van der Waals surface area (Å²) >= 11 is 5.71. The van der Waals surface area contributed by atoms with Crippen molar-refractivity contribution in [1.82, 2.24) is 30.1 Å². The average Bonchev–Trinajstić information content (AvgIpc) is 3.28. The maximum atomic E-state index is 13.2. The fourth-order valence-electron chi connectivity index (χ4n) is 2.56. The van der Waals surface area contributed by atoms with Crippen LogP contribution in [0.1, 0.15) is 22.0 Å². The molecule has 1 N–H and O–H groups in total. The molecular weight excluding hydrogens is 375 g/mol. The van der Waals surface area contributed by atoms with Gasteiger partial charge in [-0.1, -0.05) is 16.8 Å². The summed E-state index contributed by atoms with van der Waals surface area (Å²) in [5.41, 5.74) is 1.40. The average molecular weight is 387 g/mol. The van der Waals surface area contributed by atoms with Gasteiger partial charge in [0.1, 0.15) is 5.82 Å². The lowest BCUT2D eigenvalue weighted by molar-refractivity contribution is 0.0949. The van der Waals surface area contributed by atoms with E-state index in [0.717, 1.165) is 6.07 Å². The van der Waals surface area contributed by atoms with Gasteiger partial charge in [0.25, 0.3) is 11.8 Å². The number of rotatable bonds is 4. The van der Waals surface area contributed by atoms with Crippen LogP contribution in [0.15, 0.2) is 41.1 Å². The van der Waals surface area contributed by atoms with Crippen molar-refractivity contribution in [3.63, 3.8) is 0 Å². The Morgan fingerprint density at radius 3 is 2.93 bits per heavy atom. The SMILES string of the molecule is Cc1noc(-c2cccn3c(CNC(=O)c4ccc(F)c(Cl)c4)nnc23)n1. The van der Waals surface area contributed by atoms with Crippen LogP contribution in [0.5, 0.6) is 0 Å². The number of aromatic nitrogens is 5. The zero-order valence-electron chi connectivity index (χ0n) is 14.0. The molecule has 1 amide bonds. The van der Waals surface area contributed by atoms with E-state index in [1.165, 1.54) is 12.1 Å². The quantitative estimate of drug-likeness (QED) is 0.579. The number of amides is 1. The fourth-order valence-corrected chi connectivity index (χ4v) is 2.74. The Balaban J connectivity index is 1.58. The normalized spacial score (nSPS) is 11.1. The first-order valence-corrected chi connectivity index (χ1v) is 8.27. The van der Waals surface area contributed by atoms with E-state index in [9.17, 15) is 9.18 Å². The van der Waals surface area contributed by atoms with Gasteiger partial charge in [-0.05, 0) is 37.3 Å². The van der Waals surface area contributed by atoms with E-state index < -0.39 is 11.7 Å². The molecule has 0 atom stereocenters. The summed E-state index contributed by atoms with van der Waals surface area (Å²) in [6, 6.07) is 7.34. The van der Waals surface area contributed by atoms with Crippen molar-refractivity contribution in [1.29, 1.82) is 0 Å². The van der Waals surface area contributed by atoms with Gasteiger partial charge in [0.05, 0.1) is 17.1 Å². The minimum atomic E-state index is -0.583. The fraction of sp³-hybridized carbons (Fsp3) is 0.118. The van der Waals surface area contributed by atoms with E-state index >= 15 is 0 Å². The van der Waals surface area contributed by atoms with E-state index in [1.807, 2.05) is 0 Å². The van der Waals surface area contributed by atoms with Crippen molar-refractivity contribution in [2.45, 2.75) is 13.5 Å². The van der Waals surface area contributed by atoms with Crippen molar-refractivity contribution in [2.75, 3.05) is 0 Å². The molecule has 10 heteroatoms. The second-order valence-electron chi connectivity index (χ2n) is 5.69. The van der Waals surface area contributed by atoms with Gasteiger partial charge in [0.15, 0.2) is 17.3 Å². The van der Waals surface area contributed by atoms with Crippen LogP contribution in [-0.2, 0) is 6.54 Å². The second-order valence-corrected chi connectivity index (χ2v) is 6.10. The van der Waals surface area contributed by atoms with Crippen molar-refractivity contribution in [2.24, 2.45) is 0 Å². The summed E-state index contributed by atoms with van der Waals surface area (Å²) in [6.07, 6.45) is 1.76. The van der Waals surface area contributed by atoms with Crippen molar-refractivity contribution < 1.29 is 13.7 Å². The number of carbonyl (C=O) groups is 1. The van der Waals surface area contributed by atoms with E-state index in [1.54, 1.807) is 29.7 Å². The molecule has 136 valence electrons. The number of halogens is 2. The third-order valence-electron chi connectivity index (χ3n) is 3.85. The van der Waals surface area contributed by atoms with E-state index in [-0.39, 0.29) is 17.1 Å². The van der Waals surface area contributed by atoms with Gasteiger partial charge >= 0.3 is 0 Å². The Labute approximate surface area is 157 Å². The number of hydrogen-bond acceptors (Lipinski definition) is 6. The third-order valence-corrected chi connectivity index (χ3v) is 4.14. The standard InChI is InChI=1S/C17H12ClFN6O2/c1-9-21-17(27-24-9)11-3-2-6-25-14(22-23-15(11)25)8-20-16(26)10-4-5-13(19)12(18)7-10/h2-7H,8H2,1H3,(H,20,26). The molecule has 0 radical (unpaired) electrons. The number of nitrogens with one attached hydrogen (secondary N) is 1. The summed E-state index contributed by atoms with van der Waals surface area (Å²) in [7, 11) is 0. The molecule has 4 rings (SSSR count). The van der Waals surface area contributed by atoms with E-state index in [4.69, 9.17) is 16.1 Å². The van der Waals surface area contributed by atoms with Gasteiger partial charge in [0.2, 0.25) is 0 Å². The van der Waals surface area contributed by atoms with Crippen LogP contribution in [0.4, 0.5) is 4.39 Å². The van der Waals surface area contributed by atoms with Crippen LogP contribution in [0.25, 0.3) is 17.1 Å². The van der Waals surface area contributed by atoms with Gasteiger partial charge in [0, 0.05) is 11.8 Å². The van der Waals surface area contributed by atoms with Gasteiger partial charge in [-0.15, -0.1) is 10.2 Å². The summed E-state index contributed by atoms with van der Waals surface area (Å²) < 4.78 is 20.1. The minimum absolute atomic E-state index is 0.112. The van der Waals surface area contributed by atoms with Crippen LogP contribution >= 0.6 is 11.6 Å². The molecule has 8 nitrogen and oxygen atoms in total. The highest BCUT2D eigenvalue weighted by Gasteiger charge is 2.16. The van der Waals surface area contributed by atoms with Crippen molar-refractivity contribution in [3.05, 3.63) is 64.6 Å². The Bertz CT molecular complexity index is 1160. The number of nitrogens with zero attached hydrogens (tertiary/aromatic N) is 5. The largest absolute Gasteiger partial charge is 0.345 e. The molecule has 0 fully saturated rings. The van der Waals surface area contributed by atoms with Crippen LogP contribution < -0.4 is 5.32 Å². The predicted octanol–water partition coefficient (Wildman–Crippen LogP) is 2.81. The van der Waals surface area contributed by atoms with Crippen LogP contribution in [0.2, 0.25) is 5.02 Å². The molecule has 0 aliphatic carbocycles. The summed E-state index contributed by atoms with van der Waals surface area (Å²) in [4.78, 5) is 16.4. The predicted molar refractivity (Wildman–Crippen MR) is 93.6 cm³/mol. The minimum Gasteiger partial charge on any atom is -0.345 e. The summed E-state index contributed by atoms with van der Waals surface area (Å²) in [5.74, 6) is 0.362. The van der Waals surface area contributed by atoms with Crippen LogP contribution in [0, 0.1) is 12.7 Å². The number of fused-ring (bicyclic) bond motifs is 1. The molecule has 27 heavy (non-hydrogen) atoms. The van der Waals surface area contributed by atoms with Gasteiger partial charge in [-0.25, -0.2) is 4.39 Å². The van der Waals surface area contributed by atoms with Crippen molar-refractivity contribution >= 4 is 23.2 Å². The third kappa shape index (κ3) is 3.24. The summed E-state index contributed by atoms with van der Waals surface area (Å²) in [5, 5.41) is 14.6. The highest BCUT2D eigenvalue weighted by atomic mass is 35.5. The molecule has 1 aromatic carbocycles. The molecule has 0 saturated heterocycles. The zero-order valence-corrected chi connectivity index (χ0v) is 14.7. The lowest BCUT2D eigenvalue weighted by atomic mass is 10.2. The van der Waals surface area contributed by atoms with E-state index in [0.29, 0.717) is 28.8 Å². The van der Waals surface area contributed by atoms with Crippen LogP contribution in [0.3, 0.4) is 0 Å². The molecular formula is C17H12ClFN6O2. The van der Waals surface area contributed by atoms with Crippen LogP contribution in [-0.4, -0.2) is 30.6 Å². The Hall–Kier alpha value is -3.33. The Morgan fingerprint density at radius 2 is 2.19 bits per heavy atom. The highest BCUT2D eigenvalue weighted by molar-refractivity contribution is 6.31. The number of carbonyl (C=O) groups excluding carboxylic acids is 1. The number of benzene rings is 1. The number of hydrogen-bond donors (Lipinski definition) is 1. The molecule has 0 unspecified atom stereocenters. The molecule has 0 bridgehead atoms. The molecule has 0 aliphatic heterocycles. The highest BCUT2D eigenvalue weighted by Crippen LogP contribution is 2.22. The second kappa shape index (κ2) is 6.76. The molecule has 3 aromatic heterocycles. The molecule has 0 aliphatic rings. The molecule has 0 saturated carbocycles. The Morgan fingerprint density at radius 1 is 1.33 bits per heavy atom. The molecule has 0 spiro atoms. The lowest BCUT2D eigenvalue weighted by Gasteiger charge is -2.05. The number of pyridine rings is 1. The Kier molecular flexibility index (Phi) is 4.28. The van der Waals surface area contributed by atoms with E-state index in [2.05, 4.69) is 25.7 Å². The zero-order chi connectivity index (χ0) is 19.0. The molecule has 3 heterocycles. The smallest absolute Gasteiger partial charge is 0.261 e. The summed E-state index contributed by atoms with van der Waals surface area (Å²) in [6.45, 7) is 1.83. The number of aryl methyl sites for hydroxylation is 1.